The van der Waals surface area contributed by atoms with Crippen molar-refractivity contribution in [2.75, 3.05) is 0 Å². The van der Waals surface area contributed by atoms with Gasteiger partial charge < -0.3 is 0 Å². The Bertz CT molecular complexity index is 2260. The van der Waals surface area contributed by atoms with Crippen LogP contribution in [0.5, 0.6) is 0 Å². The normalized spacial score (nSPS) is 11.9. The average Bonchev–Trinajstić information content (AvgIpc) is 2.97. The Morgan fingerprint density at radius 3 is 1.79 bits per heavy atom. The molecule has 0 spiro atoms. The third-order valence-electron chi connectivity index (χ3n) is 8.26. The summed E-state index contributed by atoms with van der Waals surface area (Å²) < 4.78 is 1.16. The predicted octanol–water partition coefficient (Wildman–Crippen LogP) is 9.29. The van der Waals surface area contributed by atoms with Crippen LogP contribution in [0, 0.1) is 0 Å². The minimum Gasteiger partial charge on any atom is -0.0735 e. The highest BCUT2D eigenvalue weighted by molar-refractivity contribution is 9.10. The van der Waals surface area contributed by atoms with Crippen molar-refractivity contribution in [3.8, 4) is 11.1 Å². The molecule has 8 aromatic carbocycles. The smallest absolute Gasteiger partial charge is 0.0735 e. The standard InChI is InChI=1S/C36H22BBr/c37-35-25-9-3-1-7-22(25)18-32-28-12-6-5-11-27(28)31(20-34(32)35)24-14-13-21-15-16-29-33(30(21)17-24)19-23-8-2-4-10-26(23)36(29)38/h1-20H,37H2. The Kier molecular flexibility index (Phi) is 4.72. The average molecular weight is 545 g/mol. The maximum atomic E-state index is 3.92. The number of hydrogen-bond acceptors (Lipinski definition) is 0. The van der Waals surface area contributed by atoms with E-state index in [1.165, 1.54) is 81.2 Å². The topological polar surface area (TPSA) is 0 Å². The number of fused-ring (bicyclic) bond motifs is 8. The second-order valence-corrected chi connectivity index (χ2v) is 11.1. The molecule has 8 aromatic rings. The fourth-order valence-corrected chi connectivity index (χ4v) is 7.05. The van der Waals surface area contributed by atoms with E-state index in [1.54, 1.807) is 0 Å². The number of benzene rings is 8. The van der Waals surface area contributed by atoms with Crippen LogP contribution >= 0.6 is 15.9 Å². The van der Waals surface area contributed by atoms with Gasteiger partial charge in [0.25, 0.3) is 0 Å². The Hall–Kier alpha value is -4.14. The molecule has 0 aromatic heterocycles. The third-order valence-corrected chi connectivity index (χ3v) is 9.12. The SMILES string of the molecule is Bc1c2ccccc2cc2c1cc(-c1ccc3ccc4c(Br)c5ccccc5cc4c3c1)c1ccccc12. The van der Waals surface area contributed by atoms with Gasteiger partial charge in [0.05, 0.1) is 0 Å². The molecule has 0 heterocycles. The molecule has 38 heavy (non-hydrogen) atoms. The lowest BCUT2D eigenvalue weighted by atomic mass is 9.82. The Morgan fingerprint density at radius 1 is 0.395 bits per heavy atom. The highest BCUT2D eigenvalue weighted by atomic mass is 79.9. The molecule has 0 unspecified atom stereocenters. The Morgan fingerprint density at radius 2 is 1.00 bits per heavy atom. The Labute approximate surface area is 230 Å². The zero-order valence-electron chi connectivity index (χ0n) is 20.9. The van der Waals surface area contributed by atoms with Crippen LogP contribution in [-0.2, 0) is 0 Å². The molecule has 0 aliphatic heterocycles. The molecule has 176 valence electrons. The van der Waals surface area contributed by atoms with Gasteiger partial charge in [0.15, 0.2) is 0 Å². The molecule has 0 nitrogen and oxygen atoms in total. The number of halogens is 1. The van der Waals surface area contributed by atoms with Crippen LogP contribution in [0.2, 0.25) is 0 Å². The molecule has 0 saturated carbocycles. The summed E-state index contributed by atoms with van der Waals surface area (Å²) in [7, 11) is 2.26. The molecule has 0 bridgehead atoms. The van der Waals surface area contributed by atoms with E-state index < -0.39 is 0 Å². The van der Waals surface area contributed by atoms with Crippen molar-refractivity contribution in [3.05, 3.63) is 126 Å². The zero-order valence-corrected chi connectivity index (χ0v) is 22.5. The van der Waals surface area contributed by atoms with Gasteiger partial charge in [-0.3, -0.25) is 0 Å². The highest BCUT2D eigenvalue weighted by Crippen LogP contribution is 2.40. The van der Waals surface area contributed by atoms with Crippen molar-refractivity contribution in [3.63, 3.8) is 0 Å². The lowest BCUT2D eigenvalue weighted by Crippen LogP contribution is -2.06. The van der Waals surface area contributed by atoms with Crippen LogP contribution in [-0.4, -0.2) is 7.85 Å². The molecule has 8 rings (SSSR count). The highest BCUT2D eigenvalue weighted by Gasteiger charge is 2.14. The van der Waals surface area contributed by atoms with Gasteiger partial charge in [-0.1, -0.05) is 103 Å². The molecule has 0 radical (unpaired) electrons. The lowest BCUT2D eigenvalue weighted by Gasteiger charge is -2.16. The molecule has 0 fully saturated rings. The summed E-state index contributed by atoms with van der Waals surface area (Å²) in [6, 6.07) is 44.8. The van der Waals surface area contributed by atoms with Crippen molar-refractivity contribution < 1.29 is 0 Å². The molecule has 0 aliphatic carbocycles. The minimum atomic E-state index is 1.16. The number of hydrogen-bond donors (Lipinski definition) is 0. The summed E-state index contributed by atoms with van der Waals surface area (Å²) in [4.78, 5) is 0. The van der Waals surface area contributed by atoms with E-state index in [0.717, 1.165) is 4.47 Å². The van der Waals surface area contributed by atoms with Gasteiger partial charge in [0.1, 0.15) is 7.85 Å². The van der Waals surface area contributed by atoms with Crippen LogP contribution in [0.1, 0.15) is 0 Å². The van der Waals surface area contributed by atoms with Crippen molar-refractivity contribution in [2.45, 2.75) is 0 Å². The third kappa shape index (κ3) is 3.11. The first-order valence-corrected chi connectivity index (χ1v) is 13.8. The van der Waals surface area contributed by atoms with E-state index in [2.05, 4.69) is 145 Å². The van der Waals surface area contributed by atoms with E-state index >= 15 is 0 Å². The molecule has 0 saturated heterocycles. The van der Waals surface area contributed by atoms with Crippen LogP contribution in [0.4, 0.5) is 0 Å². The quantitative estimate of drug-likeness (QED) is 0.110. The van der Waals surface area contributed by atoms with Crippen molar-refractivity contribution in [1.29, 1.82) is 0 Å². The van der Waals surface area contributed by atoms with E-state index in [1.807, 2.05) is 0 Å². The maximum absolute atomic E-state index is 3.92. The summed E-state index contributed by atoms with van der Waals surface area (Å²) in [6.07, 6.45) is 0. The van der Waals surface area contributed by atoms with Crippen LogP contribution < -0.4 is 5.46 Å². The fourth-order valence-electron chi connectivity index (χ4n) is 6.35. The van der Waals surface area contributed by atoms with Gasteiger partial charge in [-0.05, 0) is 116 Å². The van der Waals surface area contributed by atoms with Crippen molar-refractivity contribution in [2.24, 2.45) is 0 Å². The zero-order chi connectivity index (χ0) is 25.4. The first-order chi connectivity index (χ1) is 18.7. The van der Waals surface area contributed by atoms with Gasteiger partial charge in [0.2, 0.25) is 0 Å². The van der Waals surface area contributed by atoms with E-state index in [-0.39, 0.29) is 0 Å². The van der Waals surface area contributed by atoms with Crippen molar-refractivity contribution in [1.82, 2.24) is 0 Å². The fraction of sp³-hybridized carbons (Fsp3) is 0. The Balaban J connectivity index is 1.48. The van der Waals surface area contributed by atoms with Gasteiger partial charge in [-0.25, -0.2) is 0 Å². The molecule has 0 aliphatic rings. The summed E-state index contributed by atoms with van der Waals surface area (Å²) in [6.45, 7) is 0. The summed E-state index contributed by atoms with van der Waals surface area (Å²) in [5, 5.41) is 15.4. The van der Waals surface area contributed by atoms with E-state index in [9.17, 15) is 0 Å². The molecular weight excluding hydrogens is 523 g/mol. The first-order valence-electron chi connectivity index (χ1n) is 13.1. The largest absolute Gasteiger partial charge is 0.140 e. The molecule has 0 N–H and O–H groups in total. The summed E-state index contributed by atoms with van der Waals surface area (Å²) >= 11 is 3.92. The molecule has 2 heteroatoms. The van der Waals surface area contributed by atoms with Gasteiger partial charge in [-0.15, -0.1) is 0 Å². The summed E-state index contributed by atoms with van der Waals surface area (Å²) in [5.41, 5.74) is 3.87. The van der Waals surface area contributed by atoms with Crippen molar-refractivity contribution >= 4 is 93.9 Å². The number of rotatable bonds is 1. The molecular formula is C36H22BBr. The monoisotopic (exact) mass is 544 g/mol. The van der Waals surface area contributed by atoms with E-state index in [0.29, 0.717) is 0 Å². The minimum absolute atomic E-state index is 1.16. The summed E-state index contributed by atoms with van der Waals surface area (Å²) in [5.74, 6) is 0. The van der Waals surface area contributed by atoms with Gasteiger partial charge >= 0.3 is 0 Å². The van der Waals surface area contributed by atoms with Gasteiger partial charge in [-0.2, -0.15) is 0 Å². The lowest BCUT2D eigenvalue weighted by molar-refractivity contribution is 1.71. The van der Waals surface area contributed by atoms with Crippen LogP contribution in [0.3, 0.4) is 0 Å². The second-order valence-electron chi connectivity index (χ2n) is 10.3. The van der Waals surface area contributed by atoms with Crippen LogP contribution in [0.25, 0.3) is 75.8 Å². The van der Waals surface area contributed by atoms with Crippen LogP contribution in [0.15, 0.2) is 126 Å². The second kappa shape index (κ2) is 8.18. The predicted molar refractivity (Wildman–Crippen MR) is 173 cm³/mol. The molecule has 0 amide bonds. The first kappa shape index (κ1) is 21.9. The van der Waals surface area contributed by atoms with Gasteiger partial charge in [0, 0.05) is 4.47 Å². The molecule has 0 atom stereocenters. The maximum Gasteiger partial charge on any atom is 0.140 e. The van der Waals surface area contributed by atoms with E-state index in [4.69, 9.17) is 0 Å².